The number of amides is 1. The minimum atomic E-state index is -4.47. The average molecular weight is 548 g/mol. The van der Waals surface area contributed by atoms with Crippen molar-refractivity contribution in [1.29, 1.82) is 0 Å². The minimum Gasteiger partial charge on any atom is -0.382 e. The summed E-state index contributed by atoms with van der Waals surface area (Å²) in [5.74, 6) is -0.116. The van der Waals surface area contributed by atoms with Crippen LogP contribution in [0.15, 0.2) is 36.7 Å². The summed E-state index contributed by atoms with van der Waals surface area (Å²) in [6.45, 7) is 0.125. The third-order valence-electron chi connectivity index (χ3n) is 6.80. The fourth-order valence-electron chi connectivity index (χ4n) is 5.20. The topological polar surface area (TPSA) is 70.2 Å². The average Bonchev–Trinajstić information content (AvgIpc) is 3.40. The summed E-state index contributed by atoms with van der Waals surface area (Å²) in [7, 11) is 0. The molecular weight excluding hydrogens is 520 g/mol. The minimum absolute atomic E-state index is 0. The van der Waals surface area contributed by atoms with E-state index in [0.29, 0.717) is 16.0 Å². The van der Waals surface area contributed by atoms with Crippen LogP contribution in [-0.4, -0.2) is 53.9 Å². The zero-order valence-electron chi connectivity index (χ0n) is 19.4. The van der Waals surface area contributed by atoms with E-state index < -0.39 is 31.2 Å². The maximum atomic E-state index is 12.8. The number of halogens is 6. The third kappa shape index (κ3) is 5.91. The van der Waals surface area contributed by atoms with Crippen molar-refractivity contribution in [2.45, 2.75) is 44.1 Å². The van der Waals surface area contributed by atoms with Gasteiger partial charge in [-0.2, -0.15) is 26.3 Å². The number of hydrogen-bond donors (Lipinski definition) is 2. The van der Waals surface area contributed by atoms with Gasteiger partial charge in [0.15, 0.2) is 0 Å². The summed E-state index contributed by atoms with van der Waals surface area (Å²) in [4.78, 5) is 23.3. The number of nitrogens with one attached hydrogen (secondary N) is 2. The normalized spacial score (nSPS) is 21.9. The summed E-state index contributed by atoms with van der Waals surface area (Å²) in [5.41, 5.74) is 1.00. The molecule has 1 spiro atoms. The summed E-state index contributed by atoms with van der Waals surface area (Å²) in [5, 5.41) is 5.90. The molecule has 2 aromatic heterocycles. The molecule has 0 atom stereocenters. The van der Waals surface area contributed by atoms with Gasteiger partial charge in [-0.1, -0.05) is 0 Å². The number of rotatable bonds is 6. The SMILES string of the molecule is O=C(NCC(F)(F)F)c1ccc(NC2CC3(CCN(c4ncnc5sc(CC(F)(F)F)cc45)C3)C2)cc1.[HH].[HH]. The van der Waals surface area contributed by atoms with Crippen LogP contribution in [0.25, 0.3) is 10.2 Å². The number of carbonyl (C=O) groups excluding carboxylic acids is 1. The van der Waals surface area contributed by atoms with Crippen molar-refractivity contribution in [2.75, 3.05) is 29.9 Å². The Labute approximate surface area is 215 Å². The third-order valence-corrected chi connectivity index (χ3v) is 7.84. The van der Waals surface area contributed by atoms with Gasteiger partial charge in [-0.05, 0) is 55.0 Å². The lowest BCUT2D eigenvalue weighted by molar-refractivity contribution is -0.126. The molecule has 3 heterocycles. The number of carbonyl (C=O) groups is 1. The number of aromatic nitrogens is 2. The monoisotopic (exact) mass is 547 g/mol. The molecule has 202 valence electrons. The van der Waals surface area contributed by atoms with Crippen molar-refractivity contribution in [3.63, 3.8) is 0 Å². The maximum absolute atomic E-state index is 12.8. The van der Waals surface area contributed by atoms with Gasteiger partial charge in [0.1, 0.15) is 23.5 Å². The summed E-state index contributed by atoms with van der Waals surface area (Å²) < 4.78 is 75.4. The lowest BCUT2D eigenvalue weighted by atomic mass is 9.65. The van der Waals surface area contributed by atoms with E-state index in [4.69, 9.17) is 0 Å². The Morgan fingerprint density at radius 3 is 2.51 bits per heavy atom. The summed E-state index contributed by atoms with van der Waals surface area (Å²) in [6, 6.07) is 8.05. The van der Waals surface area contributed by atoms with Gasteiger partial charge in [-0.15, -0.1) is 11.3 Å². The first-order valence-corrected chi connectivity index (χ1v) is 12.5. The van der Waals surface area contributed by atoms with Gasteiger partial charge in [-0.3, -0.25) is 4.79 Å². The molecule has 2 fully saturated rings. The highest BCUT2D eigenvalue weighted by molar-refractivity contribution is 7.18. The van der Waals surface area contributed by atoms with Gasteiger partial charge < -0.3 is 15.5 Å². The molecule has 0 bridgehead atoms. The lowest BCUT2D eigenvalue weighted by Crippen LogP contribution is -2.46. The van der Waals surface area contributed by atoms with Crippen LogP contribution in [0.5, 0.6) is 0 Å². The molecule has 1 saturated heterocycles. The van der Waals surface area contributed by atoms with Crippen molar-refractivity contribution < 1.29 is 34.0 Å². The highest BCUT2D eigenvalue weighted by atomic mass is 32.1. The van der Waals surface area contributed by atoms with Crippen LogP contribution in [0, 0.1) is 5.41 Å². The standard InChI is InChI=1S/C24H23F6N5OS.2H2/c25-23(26,27)10-17-7-18-19(32-13-33-21(18)37-17)35-6-5-22(12-35)8-16(9-22)34-15-3-1-14(2-4-15)20(36)31-11-24(28,29)30;;/h1-4,7,13,16,34H,5-6,8-12H2,(H,31,36);2*1H. The number of benzene rings is 1. The predicted molar refractivity (Wildman–Crippen MR) is 132 cm³/mol. The Bertz CT molecular complexity index is 1290. The number of nitrogens with zero attached hydrogens (tertiary/aromatic N) is 3. The second-order valence-electron chi connectivity index (χ2n) is 9.72. The van der Waals surface area contributed by atoms with Gasteiger partial charge >= 0.3 is 12.4 Å². The molecule has 13 heteroatoms. The summed E-state index contributed by atoms with van der Waals surface area (Å²) in [6.07, 6.45) is -5.59. The molecular formula is C24H27F6N5OS. The van der Waals surface area contributed by atoms with E-state index in [1.54, 1.807) is 18.2 Å². The smallest absolute Gasteiger partial charge is 0.382 e. The van der Waals surface area contributed by atoms with Crippen LogP contribution in [0.4, 0.5) is 37.8 Å². The zero-order chi connectivity index (χ0) is 26.4. The molecule has 5 rings (SSSR count). The number of thiophene rings is 1. The first kappa shape index (κ1) is 25.6. The Morgan fingerprint density at radius 2 is 1.84 bits per heavy atom. The number of fused-ring (bicyclic) bond motifs is 1. The van der Waals surface area contributed by atoms with Gasteiger partial charge in [0.2, 0.25) is 0 Å². The quantitative estimate of drug-likeness (QED) is 0.368. The molecule has 1 aliphatic heterocycles. The fraction of sp³-hybridized carbons (Fsp3) is 0.458. The van der Waals surface area contributed by atoms with Crippen LogP contribution in [0.2, 0.25) is 0 Å². The summed E-state index contributed by atoms with van der Waals surface area (Å²) >= 11 is 1.04. The molecule has 0 unspecified atom stereocenters. The van der Waals surface area contributed by atoms with Gasteiger partial charge in [0, 0.05) is 38.1 Å². The van der Waals surface area contributed by atoms with Crippen molar-refractivity contribution in [2.24, 2.45) is 5.41 Å². The van der Waals surface area contributed by atoms with Crippen LogP contribution >= 0.6 is 11.3 Å². The molecule has 37 heavy (non-hydrogen) atoms. The molecule has 2 N–H and O–H groups in total. The fourth-order valence-corrected chi connectivity index (χ4v) is 6.22. The van der Waals surface area contributed by atoms with E-state index in [9.17, 15) is 31.1 Å². The Kier molecular flexibility index (Phi) is 6.45. The molecule has 0 radical (unpaired) electrons. The van der Waals surface area contributed by atoms with Gasteiger partial charge in [-0.25, -0.2) is 9.97 Å². The Hall–Kier alpha value is -3.09. The molecule has 2 aliphatic rings. The van der Waals surface area contributed by atoms with E-state index in [0.717, 1.165) is 49.4 Å². The first-order chi connectivity index (χ1) is 17.4. The van der Waals surface area contributed by atoms with E-state index >= 15 is 0 Å². The number of hydrogen-bond acceptors (Lipinski definition) is 6. The Morgan fingerprint density at radius 1 is 1.11 bits per heavy atom. The van der Waals surface area contributed by atoms with Crippen molar-refractivity contribution in [3.8, 4) is 0 Å². The van der Waals surface area contributed by atoms with Crippen LogP contribution in [-0.2, 0) is 6.42 Å². The second kappa shape index (κ2) is 9.34. The van der Waals surface area contributed by atoms with Crippen LogP contribution in [0.3, 0.4) is 0 Å². The number of alkyl halides is 6. The van der Waals surface area contributed by atoms with Crippen LogP contribution < -0.4 is 15.5 Å². The van der Waals surface area contributed by atoms with Crippen molar-refractivity contribution >= 4 is 39.0 Å². The van der Waals surface area contributed by atoms with E-state index in [2.05, 4.69) is 20.2 Å². The molecule has 1 saturated carbocycles. The lowest BCUT2D eigenvalue weighted by Gasteiger charge is -2.46. The van der Waals surface area contributed by atoms with E-state index in [-0.39, 0.29) is 24.8 Å². The zero-order valence-corrected chi connectivity index (χ0v) is 20.2. The molecule has 1 aliphatic carbocycles. The first-order valence-electron chi connectivity index (χ1n) is 11.6. The maximum Gasteiger partial charge on any atom is 0.405 e. The molecule has 1 amide bonds. The molecule has 3 aromatic rings. The molecule has 1 aromatic carbocycles. The number of anilines is 2. The van der Waals surface area contributed by atoms with E-state index in [1.807, 2.05) is 5.32 Å². The predicted octanol–water partition coefficient (Wildman–Crippen LogP) is 6.05. The van der Waals surface area contributed by atoms with Crippen molar-refractivity contribution in [1.82, 2.24) is 15.3 Å². The highest BCUT2D eigenvalue weighted by Gasteiger charge is 2.49. The largest absolute Gasteiger partial charge is 0.405 e. The van der Waals surface area contributed by atoms with Crippen molar-refractivity contribution in [3.05, 3.63) is 47.1 Å². The van der Waals surface area contributed by atoms with Gasteiger partial charge in [0.25, 0.3) is 5.91 Å². The second-order valence-corrected chi connectivity index (χ2v) is 10.8. The Balaban J connectivity index is 0.00000210. The van der Waals surface area contributed by atoms with Gasteiger partial charge in [0.05, 0.1) is 11.8 Å². The van der Waals surface area contributed by atoms with E-state index in [1.165, 1.54) is 18.5 Å². The highest BCUT2D eigenvalue weighted by Crippen LogP contribution is 2.50. The van der Waals surface area contributed by atoms with Crippen LogP contribution in [0.1, 0.15) is 37.4 Å². The molecule has 6 nitrogen and oxygen atoms in total.